The van der Waals surface area contributed by atoms with Crippen LogP contribution in [0.15, 0.2) is 29.3 Å². The first-order chi connectivity index (χ1) is 8.16. The number of nitrogens with zero attached hydrogens (tertiary/aromatic N) is 1. The number of pyridine rings is 2. The fraction of sp³-hybridized carbons (Fsp3) is 0. The van der Waals surface area contributed by atoms with Crippen LogP contribution in [0.2, 0.25) is 0 Å². The molecule has 0 fully saturated rings. The zero-order chi connectivity index (χ0) is 12.0. The lowest BCUT2D eigenvalue weighted by Crippen LogP contribution is -2.05. The Labute approximate surface area is 93.9 Å². The van der Waals surface area contributed by atoms with Crippen LogP contribution in [0.25, 0.3) is 21.8 Å². The summed E-state index contributed by atoms with van der Waals surface area (Å²) >= 11 is 0. The predicted octanol–water partition coefficient (Wildman–Crippen LogP) is 1.10. The lowest BCUT2D eigenvalue weighted by atomic mass is 10.2. The first kappa shape index (κ1) is 9.59. The van der Waals surface area contributed by atoms with Gasteiger partial charge in [-0.3, -0.25) is 9.78 Å². The maximum atomic E-state index is 11.7. The Balaban J connectivity index is 2.55. The summed E-state index contributed by atoms with van der Waals surface area (Å²) in [6, 6.07) is 3.08. The van der Waals surface area contributed by atoms with Gasteiger partial charge in [-0.05, 0) is 12.1 Å². The number of aromatic amines is 2. The molecule has 0 atom stereocenters. The molecule has 17 heavy (non-hydrogen) atoms. The Morgan fingerprint density at radius 2 is 2.12 bits per heavy atom. The van der Waals surface area contributed by atoms with Crippen LogP contribution in [0.3, 0.4) is 0 Å². The zero-order valence-electron chi connectivity index (χ0n) is 8.52. The lowest BCUT2D eigenvalue weighted by molar-refractivity contribution is 0.0691. The maximum absolute atomic E-state index is 11.7. The number of aromatic carboxylic acids is 1. The third-order valence-electron chi connectivity index (χ3n) is 2.63. The summed E-state index contributed by atoms with van der Waals surface area (Å²) in [5.74, 6) is -1.07. The normalized spacial score (nSPS) is 11.1. The highest BCUT2D eigenvalue weighted by Gasteiger charge is 2.11. The minimum Gasteiger partial charge on any atom is -0.477 e. The molecule has 0 aromatic carbocycles. The fourth-order valence-electron chi connectivity index (χ4n) is 1.86. The smallest absolute Gasteiger partial charge is 0.352 e. The molecule has 0 amide bonds. The van der Waals surface area contributed by atoms with Crippen LogP contribution in [0.1, 0.15) is 10.5 Å². The quantitative estimate of drug-likeness (QED) is 0.581. The Morgan fingerprint density at radius 1 is 1.29 bits per heavy atom. The van der Waals surface area contributed by atoms with Crippen molar-refractivity contribution in [2.75, 3.05) is 0 Å². The van der Waals surface area contributed by atoms with Gasteiger partial charge in [0.25, 0.3) is 5.56 Å². The Hall–Kier alpha value is -2.63. The Morgan fingerprint density at radius 3 is 2.88 bits per heavy atom. The second kappa shape index (κ2) is 3.18. The van der Waals surface area contributed by atoms with Crippen molar-refractivity contribution < 1.29 is 9.90 Å². The molecule has 84 valence electrons. The summed E-state index contributed by atoms with van der Waals surface area (Å²) in [6.07, 6.45) is 3.01. The van der Waals surface area contributed by atoms with Crippen LogP contribution < -0.4 is 5.56 Å². The minimum atomic E-state index is -1.07. The summed E-state index contributed by atoms with van der Waals surface area (Å²) in [5, 5.41) is 9.98. The second-order valence-electron chi connectivity index (χ2n) is 3.65. The number of hydrogen-bond acceptors (Lipinski definition) is 3. The van der Waals surface area contributed by atoms with Crippen LogP contribution in [-0.2, 0) is 0 Å². The number of rotatable bonds is 1. The molecule has 0 aliphatic rings. The SMILES string of the molecule is O=C(O)c1cc2[nH]c(=O)c3cnccc3c2[nH]1. The van der Waals surface area contributed by atoms with Gasteiger partial charge in [-0.15, -0.1) is 0 Å². The monoisotopic (exact) mass is 229 g/mol. The van der Waals surface area contributed by atoms with Gasteiger partial charge in [0.1, 0.15) is 5.69 Å². The molecule has 0 radical (unpaired) electrons. The van der Waals surface area contributed by atoms with Gasteiger partial charge in [0.05, 0.1) is 16.4 Å². The molecule has 0 bridgehead atoms. The predicted molar refractivity (Wildman–Crippen MR) is 61.2 cm³/mol. The van der Waals surface area contributed by atoms with Crippen LogP contribution in [-0.4, -0.2) is 26.0 Å². The number of nitrogens with one attached hydrogen (secondary N) is 2. The summed E-state index contributed by atoms with van der Waals surface area (Å²) in [6.45, 7) is 0. The molecule has 3 rings (SSSR count). The fourth-order valence-corrected chi connectivity index (χ4v) is 1.86. The van der Waals surface area contributed by atoms with E-state index in [9.17, 15) is 9.59 Å². The van der Waals surface area contributed by atoms with E-state index in [-0.39, 0.29) is 11.3 Å². The molecule has 0 unspecified atom stereocenters. The molecule has 0 spiro atoms. The van der Waals surface area contributed by atoms with Crippen LogP contribution >= 0.6 is 0 Å². The van der Waals surface area contributed by atoms with Gasteiger partial charge in [-0.1, -0.05) is 0 Å². The molecular weight excluding hydrogens is 222 g/mol. The van der Waals surface area contributed by atoms with Crippen molar-refractivity contribution in [3.63, 3.8) is 0 Å². The molecule has 3 aromatic heterocycles. The number of carboxylic acids is 1. The van der Waals surface area contributed by atoms with Crippen molar-refractivity contribution in [3.8, 4) is 0 Å². The van der Waals surface area contributed by atoms with Gasteiger partial charge in [0.15, 0.2) is 0 Å². The van der Waals surface area contributed by atoms with E-state index < -0.39 is 5.97 Å². The first-order valence-electron chi connectivity index (χ1n) is 4.89. The van der Waals surface area contributed by atoms with Crippen LogP contribution in [0.4, 0.5) is 0 Å². The molecule has 3 N–H and O–H groups in total. The zero-order valence-corrected chi connectivity index (χ0v) is 8.52. The van der Waals surface area contributed by atoms with Crippen molar-refractivity contribution in [2.24, 2.45) is 0 Å². The number of aromatic nitrogens is 3. The van der Waals surface area contributed by atoms with Crippen molar-refractivity contribution in [1.82, 2.24) is 15.0 Å². The first-order valence-corrected chi connectivity index (χ1v) is 4.89. The molecule has 0 saturated carbocycles. The van der Waals surface area contributed by atoms with Gasteiger partial charge in [0.2, 0.25) is 0 Å². The molecule has 6 nitrogen and oxygen atoms in total. The van der Waals surface area contributed by atoms with E-state index in [1.54, 1.807) is 12.3 Å². The van der Waals surface area contributed by atoms with Crippen molar-refractivity contribution in [1.29, 1.82) is 0 Å². The summed E-state index contributed by atoms with van der Waals surface area (Å²) in [4.78, 5) is 31.8. The molecule has 0 aliphatic carbocycles. The van der Waals surface area contributed by atoms with Crippen molar-refractivity contribution in [3.05, 3.63) is 40.6 Å². The van der Waals surface area contributed by atoms with Gasteiger partial charge >= 0.3 is 5.97 Å². The van der Waals surface area contributed by atoms with Crippen LogP contribution in [0, 0.1) is 0 Å². The lowest BCUT2D eigenvalue weighted by Gasteiger charge is -1.97. The average Bonchev–Trinajstić information content (AvgIpc) is 2.73. The Bertz CT molecular complexity index is 800. The largest absolute Gasteiger partial charge is 0.477 e. The third kappa shape index (κ3) is 1.31. The standard InChI is InChI=1S/C11H7N3O3/c15-10-6-4-12-2-1-5(6)9-7(14-10)3-8(13-9)11(16)17/h1-4,13H,(H,14,15)(H,16,17). The van der Waals surface area contributed by atoms with Crippen molar-refractivity contribution >= 4 is 27.8 Å². The van der Waals surface area contributed by atoms with E-state index in [0.717, 1.165) is 0 Å². The van der Waals surface area contributed by atoms with E-state index in [1.165, 1.54) is 12.3 Å². The van der Waals surface area contributed by atoms with E-state index in [4.69, 9.17) is 5.11 Å². The molecule has 0 saturated heterocycles. The highest BCUT2D eigenvalue weighted by molar-refractivity contribution is 6.05. The number of fused-ring (bicyclic) bond motifs is 3. The molecule has 0 aliphatic heterocycles. The maximum Gasteiger partial charge on any atom is 0.352 e. The molecular formula is C11H7N3O3. The molecule has 3 heterocycles. The molecule has 6 heteroatoms. The minimum absolute atomic E-state index is 0.0416. The topological polar surface area (TPSA) is 98.8 Å². The number of hydrogen-bond donors (Lipinski definition) is 3. The average molecular weight is 229 g/mol. The number of carbonyl (C=O) groups is 1. The van der Waals surface area contributed by atoms with Gasteiger partial charge < -0.3 is 15.1 Å². The highest BCUT2D eigenvalue weighted by atomic mass is 16.4. The van der Waals surface area contributed by atoms with Gasteiger partial charge in [-0.25, -0.2) is 4.79 Å². The molecule has 3 aromatic rings. The van der Waals surface area contributed by atoms with Crippen LogP contribution in [0.5, 0.6) is 0 Å². The third-order valence-corrected chi connectivity index (χ3v) is 2.63. The summed E-state index contributed by atoms with van der Waals surface area (Å²) in [7, 11) is 0. The highest BCUT2D eigenvalue weighted by Crippen LogP contribution is 2.20. The number of H-pyrrole nitrogens is 2. The summed E-state index contributed by atoms with van der Waals surface area (Å²) < 4.78 is 0. The summed E-state index contributed by atoms with van der Waals surface area (Å²) in [5.41, 5.74) is 0.835. The van der Waals surface area contributed by atoms with E-state index in [2.05, 4.69) is 15.0 Å². The Kier molecular flexibility index (Phi) is 1.79. The van der Waals surface area contributed by atoms with E-state index in [0.29, 0.717) is 21.8 Å². The number of carboxylic acid groups (broad SMARTS) is 1. The second-order valence-corrected chi connectivity index (χ2v) is 3.65. The van der Waals surface area contributed by atoms with Gasteiger partial charge in [0, 0.05) is 17.8 Å². The van der Waals surface area contributed by atoms with E-state index >= 15 is 0 Å². The van der Waals surface area contributed by atoms with Gasteiger partial charge in [-0.2, -0.15) is 0 Å². The van der Waals surface area contributed by atoms with Crippen molar-refractivity contribution in [2.45, 2.75) is 0 Å². The van der Waals surface area contributed by atoms with E-state index in [1.807, 2.05) is 0 Å².